The summed E-state index contributed by atoms with van der Waals surface area (Å²) in [5.41, 5.74) is 1.87. The molecule has 0 bridgehead atoms. The lowest BCUT2D eigenvalue weighted by molar-refractivity contribution is -0.389. The fourth-order valence-electron chi connectivity index (χ4n) is 3.57. The first kappa shape index (κ1) is 23.1. The number of aromatic nitrogens is 2. The number of imidazole rings is 1. The zero-order chi connectivity index (χ0) is 24.5. The molecule has 0 aliphatic carbocycles. The average molecular weight is 466 g/mol. The summed E-state index contributed by atoms with van der Waals surface area (Å²) >= 11 is 0. The number of carbonyl (C=O) groups excluding carboxylic acids is 1. The quantitative estimate of drug-likeness (QED) is 0.392. The van der Waals surface area contributed by atoms with Crippen LogP contribution in [0.3, 0.4) is 0 Å². The van der Waals surface area contributed by atoms with E-state index >= 15 is 0 Å². The number of urea groups is 1. The molecule has 10 nitrogen and oxygen atoms in total. The largest absolute Gasteiger partial charge is 0.489 e. The van der Waals surface area contributed by atoms with Gasteiger partial charge in [-0.15, -0.1) is 0 Å². The third-order valence-electron chi connectivity index (χ3n) is 5.42. The molecule has 0 radical (unpaired) electrons. The van der Waals surface area contributed by atoms with Crippen molar-refractivity contribution < 1.29 is 19.2 Å². The topological polar surface area (TPSA) is 121 Å². The summed E-state index contributed by atoms with van der Waals surface area (Å²) in [7, 11) is 0. The third kappa shape index (κ3) is 5.28. The maximum Gasteiger partial charge on any atom is 0.415 e. The molecule has 0 spiro atoms. The molecular weight excluding hydrogens is 438 g/mol. The normalized spacial score (nSPS) is 16.9. The van der Waals surface area contributed by atoms with E-state index in [0.29, 0.717) is 23.7 Å². The molecule has 0 unspecified atom stereocenters. The van der Waals surface area contributed by atoms with Gasteiger partial charge in [-0.2, -0.15) is 0 Å². The van der Waals surface area contributed by atoms with Crippen molar-refractivity contribution in [2.45, 2.75) is 45.3 Å². The number of rotatable bonds is 6. The zero-order valence-corrected chi connectivity index (χ0v) is 19.5. The van der Waals surface area contributed by atoms with E-state index in [1.807, 2.05) is 31.2 Å². The van der Waals surface area contributed by atoms with Crippen LogP contribution in [0, 0.1) is 10.1 Å². The molecule has 2 N–H and O–H groups in total. The van der Waals surface area contributed by atoms with Crippen LogP contribution in [0.15, 0.2) is 54.7 Å². The summed E-state index contributed by atoms with van der Waals surface area (Å²) < 4.78 is 13.2. The number of anilines is 2. The Hall–Kier alpha value is -4.08. The van der Waals surface area contributed by atoms with Crippen molar-refractivity contribution in [2.24, 2.45) is 0 Å². The van der Waals surface area contributed by atoms with E-state index in [-0.39, 0.29) is 29.9 Å². The van der Waals surface area contributed by atoms with Crippen molar-refractivity contribution in [3.8, 4) is 11.8 Å². The number of fused-ring (bicyclic) bond motifs is 1. The van der Waals surface area contributed by atoms with Crippen molar-refractivity contribution in [1.29, 1.82) is 0 Å². The molecule has 3 aromatic rings. The van der Waals surface area contributed by atoms with Gasteiger partial charge in [0.25, 0.3) is 0 Å². The maximum atomic E-state index is 12.3. The Kier molecular flexibility index (Phi) is 5.90. The monoisotopic (exact) mass is 465 g/mol. The number of benzene rings is 2. The van der Waals surface area contributed by atoms with Gasteiger partial charge in [-0.25, -0.2) is 4.79 Å². The van der Waals surface area contributed by atoms with E-state index < -0.39 is 10.5 Å². The first-order valence-corrected chi connectivity index (χ1v) is 10.8. The predicted octanol–water partition coefficient (Wildman–Crippen LogP) is 4.96. The van der Waals surface area contributed by atoms with E-state index in [4.69, 9.17) is 9.47 Å². The van der Waals surface area contributed by atoms with Gasteiger partial charge in [-0.05, 0) is 59.2 Å². The van der Waals surface area contributed by atoms with Crippen LogP contribution in [0.2, 0.25) is 0 Å². The lowest BCUT2D eigenvalue weighted by atomic mass is 9.87. The van der Waals surface area contributed by atoms with Gasteiger partial charge in [0.15, 0.2) is 5.60 Å². The molecule has 1 aromatic heterocycles. The molecule has 2 heterocycles. The van der Waals surface area contributed by atoms with Crippen molar-refractivity contribution in [3.05, 3.63) is 70.4 Å². The van der Waals surface area contributed by atoms with Gasteiger partial charge in [0.1, 0.15) is 18.6 Å². The highest BCUT2D eigenvalue weighted by atomic mass is 16.6. The van der Waals surface area contributed by atoms with Gasteiger partial charge in [0, 0.05) is 16.4 Å². The second kappa shape index (κ2) is 8.69. The highest BCUT2D eigenvalue weighted by Gasteiger charge is 2.41. The fraction of sp³-hybridized carbons (Fsp3) is 0.333. The minimum Gasteiger partial charge on any atom is -0.489 e. The molecule has 1 atom stereocenters. The van der Waals surface area contributed by atoms with E-state index in [1.165, 1.54) is 11.8 Å². The molecule has 2 aromatic carbocycles. The van der Waals surface area contributed by atoms with Crippen molar-refractivity contribution in [3.63, 3.8) is 0 Å². The van der Waals surface area contributed by atoms with Gasteiger partial charge in [0.2, 0.25) is 0 Å². The van der Waals surface area contributed by atoms with Crippen molar-refractivity contribution in [1.82, 2.24) is 9.55 Å². The molecule has 34 heavy (non-hydrogen) atoms. The third-order valence-corrected chi connectivity index (χ3v) is 5.42. The van der Waals surface area contributed by atoms with Crippen molar-refractivity contribution in [2.75, 3.05) is 17.2 Å². The predicted molar refractivity (Wildman–Crippen MR) is 128 cm³/mol. The second-order valence-electron chi connectivity index (χ2n) is 9.54. The molecular formula is C24H27N5O5. The Labute approximate surface area is 197 Å². The van der Waals surface area contributed by atoms with Crippen LogP contribution in [0.25, 0.3) is 0 Å². The van der Waals surface area contributed by atoms with E-state index in [0.717, 1.165) is 0 Å². The number of hydrogen-bond donors (Lipinski definition) is 2. The van der Waals surface area contributed by atoms with Crippen LogP contribution >= 0.6 is 0 Å². The van der Waals surface area contributed by atoms with E-state index in [2.05, 4.69) is 36.4 Å². The smallest absolute Gasteiger partial charge is 0.415 e. The molecule has 1 aliphatic rings. The second-order valence-corrected chi connectivity index (χ2v) is 9.54. The molecule has 10 heteroatoms. The Balaban J connectivity index is 1.27. The molecule has 0 saturated carbocycles. The van der Waals surface area contributed by atoms with Crippen LogP contribution < -0.4 is 20.1 Å². The highest BCUT2D eigenvalue weighted by molar-refractivity contribution is 5.99. The van der Waals surface area contributed by atoms with Crippen LogP contribution in [0.4, 0.5) is 22.0 Å². The SMILES string of the molecule is CC(C)(C)c1ccc(NC(=O)Nc2ccc(OC[C@@]3(C)Cn4cc([N+](=O)[O-])nc4O3)cc2)cc1. The standard InChI is InChI=1S/C24H27N5O5/c1-23(2,3)16-5-7-17(8-6-16)25-21(30)26-18-9-11-19(12-10-18)33-15-24(4)14-28-13-20(29(31)32)27-22(28)34-24/h5-13H,14-15H2,1-4H3,(H2,25,26,30)/t24-/m1/s1. The number of carbonyl (C=O) groups is 1. The lowest BCUT2D eigenvalue weighted by Gasteiger charge is -2.22. The summed E-state index contributed by atoms with van der Waals surface area (Å²) in [5, 5.41) is 16.4. The van der Waals surface area contributed by atoms with Gasteiger partial charge in [0.05, 0.1) is 6.54 Å². The summed E-state index contributed by atoms with van der Waals surface area (Å²) in [6, 6.07) is 14.6. The van der Waals surface area contributed by atoms with E-state index in [9.17, 15) is 14.9 Å². The molecule has 4 rings (SSSR count). The molecule has 0 fully saturated rings. The number of amides is 2. The van der Waals surface area contributed by atoms with Gasteiger partial charge in [-0.1, -0.05) is 32.9 Å². The van der Waals surface area contributed by atoms with Gasteiger partial charge < -0.3 is 30.2 Å². The first-order chi connectivity index (χ1) is 16.0. The number of nitrogens with one attached hydrogen (secondary N) is 2. The summed E-state index contributed by atoms with van der Waals surface area (Å²) in [5.74, 6) is 0.357. The van der Waals surface area contributed by atoms with Crippen LogP contribution in [0.1, 0.15) is 33.3 Å². The van der Waals surface area contributed by atoms with Crippen LogP contribution in [0.5, 0.6) is 11.8 Å². The zero-order valence-electron chi connectivity index (χ0n) is 19.5. The Morgan fingerprint density at radius 1 is 1.15 bits per heavy atom. The molecule has 2 amide bonds. The van der Waals surface area contributed by atoms with Gasteiger partial charge >= 0.3 is 17.9 Å². The first-order valence-electron chi connectivity index (χ1n) is 10.8. The number of ether oxygens (including phenoxy) is 2. The minimum atomic E-state index is -0.698. The molecule has 178 valence electrons. The maximum absolute atomic E-state index is 12.3. The molecule has 1 aliphatic heterocycles. The Morgan fingerprint density at radius 3 is 2.26 bits per heavy atom. The molecule has 0 saturated heterocycles. The number of nitro groups is 1. The summed E-state index contributed by atoms with van der Waals surface area (Å²) in [4.78, 5) is 26.5. The van der Waals surface area contributed by atoms with Gasteiger partial charge in [-0.3, -0.25) is 4.57 Å². The van der Waals surface area contributed by atoms with Crippen LogP contribution in [-0.4, -0.2) is 32.7 Å². The minimum absolute atomic E-state index is 0.0501. The van der Waals surface area contributed by atoms with Crippen molar-refractivity contribution >= 4 is 23.2 Å². The summed E-state index contributed by atoms with van der Waals surface area (Å²) in [6.07, 6.45) is 1.35. The Morgan fingerprint density at radius 2 is 1.74 bits per heavy atom. The number of hydrogen-bond acceptors (Lipinski definition) is 6. The van der Waals surface area contributed by atoms with Crippen LogP contribution in [-0.2, 0) is 12.0 Å². The lowest BCUT2D eigenvalue weighted by Crippen LogP contribution is -2.38. The Bertz CT molecular complexity index is 1170. The summed E-state index contributed by atoms with van der Waals surface area (Å²) in [6.45, 7) is 8.88. The number of nitrogens with zero attached hydrogens (tertiary/aromatic N) is 3. The average Bonchev–Trinajstić information content (AvgIpc) is 3.28. The highest BCUT2D eigenvalue weighted by Crippen LogP contribution is 2.31. The fourth-order valence-corrected chi connectivity index (χ4v) is 3.57. The van der Waals surface area contributed by atoms with E-state index in [1.54, 1.807) is 28.8 Å².